The molecule has 11 nitrogen and oxygen atoms in total. The summed E-state index contributed by atoms with van der Waals surface area (Å²) in [7, 11) is 3.34. The van der Waals surface area contributed by atoms with E-state index in [0.29, 0.717) is 23.3 Å². The Morgan fingerprint density at radius 1 is 1.32 bits per heavy atom. The molecule has 2 atom stereocenters. The van der Waals surface area contributed by atoms with E-state index in [0.717, 1.165) is 30.3 Å². The molecule has 0 unspecified atom stereocenters. The SMILES string of the molecule is COc1ncc2c(Nc3cc([C@H]4CC[C@@H](OC(=O)NC(C)(C)C)C4)[nH]n3)nn(C)c2n1. The second-order valence-corrected chi connectivity index (χ2v) is 8.81. The zero-order valence-electron chi connectivity index (χ0n) is 18.4. The maximum absolute atomic E-state index is 12.0. The fraction of sp³-hybridized carbons (Fsp3) is 0.550. The molecule has 1 aliphatic carbocycles. The third-order valence-corrected chi connectivity index (χ3v) is 5.16. The molecule has 3 aromatic heterocycles. The molecule has 0 aromatic carbocycles. The Kier molecular flexibility index (Phi) is 5.42. The van der Waals surface area contributed by atoms with E-state index in [1.807, 2.05) is 33.9 Å². The van der Waals surface area contributed by atoms with E-state index >= 15 is 0 Å². The van der Waals surface area contributed by atoms with Gasteiger partial charge in [0.1, 0.15) is 6.10 Å². The van der Waals surface area contributed by atoms with Crippen LogP contribution in [-0.2, 0) is 11.8 Å². The van der Waals surface area contributed by atoms with Crippen molar-refractivity contribution < 1.29 is 14.3 Å². The lowest BCUT2D eigenvalue weighted by Crippen LogP contribution is -2.42. The molecule has 0 saturated heterocycles. The van der Waals surface area contributed by atoms with Crippen LogP contribution in [0, 0.1) is 0 Å². The van der Waals surface area contributed by atoms with Crippen molar-refractivity contribution in [2.45, 2.75) is 57.6 Å². The highest BCUT2D eigenvalue weighted by molar-refractivity contribution is 5.88. The summed E-state index contributed by atoms with van der Waals surface area (Å²) in [4.78, 5) is 20.5. The standard InChI is InChI=1S/C20H28N8O3/c1-20(2,3)24-19(29)31-12-7-6-11(8-12)14-9-15(26-25-14)22-16-13-10-21-18(30-5)23-17(13)28(4)27-16/h9-12H,6-8H2,1-5H3,(H,24,29)(H2,22,25,26,27)/t11-,12+/m0/s1. The van der Waals surface area contributed by atoms with Gasteiger partial charge in [0.25, 0.3) is 0 Å². The summed E-state index contributed by atoms with van der Waals surface area (Å²) in [5, 5.41) is 18.8. The Hall–Kier alpha value is -3.37. The predicted molar refractivity (Wildman–Crippen MR) is 114 cm³/mol. The summed E-state index contributed by atoms with van der Waals surface area (Å²) in [6.07, 6.45) is 3.72. The van der Waals surface area contributed by atoms with Gasteiger partial charge in [0, 0.05) is 36.5 Å². The highest BCUT2D eigenvalue weighted by Crippen LogP contribution is 2.36. The molecule has 3 heterocycles. The van der Waals surface area contributed by atoms with Crippen LogP contribution in [0.2, 0.25) is 0 Å². The fourth-order valence-corrected chi connectivity index (χ4v) is 3.76. The smallest absolute Gasteiger partial charge is 0.407 e. The van der Waals surface area contributed by atoms with Crippen molar-refractivity contribution in [3.63, 3.8) is 0 Å². The first kappa shape index (κ1) is 20.9. The monoisotopic (exact) mass is 428 g/mol. The molecule has 0 bridgehead atoms. The lowest BCUT2D eigenvalue weighted by Gasteiger charge is -2.22. The van der Waals surface area contributed by atoms with Crippen LogP contribution in [0.5, 0.6) is 6.01 Å². The zero-order valence-corrected chi connectivity index (χ0v) is 18.4. The Morgan fingerprint density at radius 2 is 2.13 bits per heavy atom. The summed E-state index contributed by atoms with van der Waals surface area (Å²) in [6.45, 7) is 5.79. The molecule has 31 heavy (non-hydrogen) atoms. The summed E-state index contributed by atoms with van der Waals surface area (Å²) in [5.41, 5.74) is 1.35. The van der Waals surface area contributed by atoms with Gasteiger partial charge in [0.2, 0.25) is 0 Å². The average Bonchev–Trinajstić information content (AvgIpc) is 3.40. The Morgan fingerprint density at radius 3 is 2.87 bits per heavy atom. The number of hydrogen-bond donors (Lipinski definition) is 3. The molecule has 3 N–H and O–H groups in total. The number of hydrogen-bond acceptors (Lipinski definition) is 8. The van der Waals surface area contributed by atoms with Gasteiger partial charge in [-0.15, -0.1) is 0 Å². The van der Waals surface area contributed by atoms with Crippen LogP contribution in [0.25, 0.3) is 11.0 Å². The number of carbonyl (C=O) groups excluding carboxylic acids is 1. The summed E-state index contributed by atoms with van der Waals surface area (Å²) >= 11 is 0. The van der Waals surface area contributed by atoms with E-state index in [4.69, 9.17) is 9.47 Å². The predicted octanol–water partition coefficient (Wildman–Crippen LogP) is 3.00. The normalized spacial score (nSPS) is 18.9. The van der Waals surface area contributed by atoms with Crippen molar-refractivity contribution in [1.82, 2.24) is 35.3 Å². The molecule has 0 radical (unpaired) electrons. The Balaban J connectivity index is 1.40. The van der Waals surface area contributed by atoms with Gasteiger partial charge < -0.3 is 20.1 Å². The van der Waals surface area contributed by atoms with Crippen LogP contribution in [-0.4, -0.2) is 54.8 Å². The maximum atomic E-state index is 12.0. The molecule has 0 aliphatic heterocycles. The Bertz CT molecular complexity index is 1080. The molecule has 1 aliphatic rings. The molecule has 4 rings (SSSR count). The Labute approximate surface area is 179 Å². The molecule has 1 saturated carbocycles. The van der Waals surface area contributed by atoms with Gasteiger partial charge in [-0.25, -0.2) is 14.5 Å². The van der Waals surface area contributed by atoms with E-state index in [1.54, 1.807) is 10.9 Å². The van der Waals surface area contributed by atoms with Crippen LogP contribution in [0.1, 0.15) is 51.6 Å². The number of amides is 1. The maximum Gasteiger partial charge on any atom is 0.407 e. The lowest BCUT2D eigenvalue weighted by molar-refractivity contribution is 0.0937. The average molecular weight is 428 g/mol. The van der Waals surface area contributed by atoms with Gasteiger partial charge in [-0.2, -0.15) is 15.2 Å². The molecule has 11 heteroatoms. The van der Waals surface area contributed by atoms with Gasteiger partial charge in [0.05, 0.1) is 12.5 Å². The molecule has 3 aromatic rings. The van der Waals surface area contributed by atoms with Gasteiger partial charge in [0.15, 0.2) is 17.3 Å². The topological polar surface area (TPSA) is 132 Å². The number of rotatable bonds is 5. The number of ether oxygens (including phenoxy) is 2. The van der Waals surface area contributed by atoms with Gasteiger partial charge in [-0.05, 0) is 40.0 Å². The molecule has 0 spiro atoms. The fourth-order valence-electron chi connectivity index (χ4n) is 3.76. The molecular formula is C20H28N8O3. The van der Waals surface area contributed by atoms with E-state index in [1.165, 1.54) is 7.11 Å². The summed E-state index contributed by atoms with van der Waals surface area (Å²) in [6, 6.07) is 2.26. The number of aromatic nitrogens is 6. The third-order valence-electron chi connectivity index (χ3n) is 5.16. The first-order chi connectivity index (χ1) is 14.7. The number of carbonyl (C=O) groups is 1. The van der Waals surface area contributed by atoms with E-state index in [-0.39, 0.29) is 23.7 Å². The minimum atomic E-state index is -0.369. The highest BCUT2D eigenvalue weighted by atomic mass is 16.6. The number of aryl methyl sites for hydroxylation is 1. The second-order valence-electron chi connectivity index (χ2n) is 8.81. The van der Waals surface area contributed by atoms with E-state index in [9.17, 15) is 4.79 Å². The molecule has 166 valence electrons. The quantitative estimate of drug-likeness (QED) is 0.565. The van der Waals surface area contributed by atoms with Crippen LogP contribution in [0.15, 0.2) is 12.3 Å². The molecule has 1 fully saturated rings. The second kappa shape index (κ2) is 8.05. The number of fused-ring (bicyclic) bond motifs is 1. The first-order valence-corrected chi connectivity index (χ1v) is 10.3. The lowest BCUT2D eigenvalue weighted by atomic mass is 10.0. The van der Waals surface area contributed by atoms with E-state index in [2.05, 4.69) is 35.9 Å². The van der Waals surface area contributed by atoms with Crippen LogP contribution >= 0.6 is 0 Å². The third kappa shape index (κ3) is 4.70. The number of nitrogens with zero attached hydrogens (tertiary/aromatic N) is 5. The van der Waals surface area contributed by atoms with Crippen LogP contribution in [0.3, 0.4) is 0 Å². The molecule has 1 amide bonds. The van der Waals surface area contributed by atoms with Crippen LogP contribution < -0.4 is 15.4 Å². The van der Waals surface area contributed by atoms with Gasteiger partial charge >= 0.3 is 12.1 Å². The first-order valence-electron chi connectivity index (χ1n) is 10.3. The van der Waals surface area contributed by atoms with E-state index < -0.39 is 0 Å². The number of anilines is 2. The minimum Gasteiger partial charge on any atom is -0.467 e. The summed E-state index contributed by atoms with van der Waals surface area (Å²) < 4.78 is 12.3. The number of nitrogens with one attached hydrogen (secondary N) is 3. The van der Waals surface area contributed by atoms with Gasteiger partial charge in [-0.1, -0.05) is 0 Å². The number of methoxy groups -OCH3 is 1. The van der Waals surface area contributed by atoms with Gasteiger partial charge in [-0.3, -0.25) is 5.10 Å². The molecular weight excluding hydrogens is 400 g/mol. The zero-order chi connectivity index (χ0) is 22.2. The van der Waals surface area contributed by atoms with Crippen molar-refractivity contribution >= 4 is 28.8 Å². The van der Waals surface area contributed by atoms with Crippen molar-refractivity contribution in [1.29, 1.82) is 0 Å². The van der Waals surface area contributed by atoms with Crippen LogP contribution in [0.4, 0.5) is 16.4 Å². The van der Waals surface area contributed by atoms with Crippen molar-refractivity contribution in [3.05, 3.63) is 18.0 Å². The van der Waals surface area contributed by atoms with Crippen molar-refractivity contribution in [2.24, 2.45) is 7.05 Å². The number of aromatic amines is 1. The van der Waals surface area contributed by atoms with Crippen molar-refractivity contribution in [2.75, 3.05) is 12.4 Å². The summed E-state index contributed by atoms with van der Waals surface area (Å²) in [5.74, 6) is 1.52. The highest BCUT2D eigenvalue weighted by Gasteiger charge is 2.30. The largest absolute Gasteiger partial charge is 0.467 e. The van der Waals surface area contributed by atoms with Crippen molar-refractivity contribution in [3.8, 4) is 6.01 Å². The minimum absolute atomic E-state index is 0.0982. The number of H-pyrrole nitrogens is 1. The number of alkyl carbamates (subject to hydrolysis) is 1.